The molecule has 5 heteroatoms. The van der Waals surface area contributed by atoms with Crippen LogP contribution in [0.5, 0.6) is 0 Å². The van der Waals surface area contributed by atoms with Gasteiger partial charge in [-0.1, -0.05) is 13.0 Å². The second-order valence-electron chi connectivity index (χ2n) is 5.80. The number of hydrogen-bond acceptors (Lipinski definition) is 3. The zero-order chi connectivity index (χ0) is 15.9. The van der Waals surface area contributed by atoms with Crippen molar-refractivity contribution in [2.45, 2.75) is 45.1 Å². The van der Waals surface area contributed by atoms with Crippen LogP contribution in [-0.2, 0) is 9.59 Å². The van der Waals surface area contributed by atoms with E-state index in [2.05, 4.69) is 11.9 Å². The topological polar surface area (TPSA) is 53.5 Å². The lowest BCUT2D eigenvalue weighted by Crippen LogP contribution is -2.32. The van der Waals surface area contributed by atoms with E-state index >= 15 is 0 Å². The summed E-state index contributed by atoms with van der Waals surface area (Å²) in [5.41, 5.74) is 1.07. The summed E-state index contributed by atoms with van der Waals surface area (Å²) in [6, 6.07) is 3.97. The number of pyridine rings is 1. The summed E-state index contributed by atoms with van der Waals surface area (Å²) in [5.74, 6) is 0.352. The maximum Gasteiger partial charge on any atom is 0.222 e. The molecule has 1 aromatic heterocycles. The highest BCUT2D eigenvalue weighted by atomic mass is 16.2. The molecular weight excluding hydrogens is 278 g/mol. The van der Waals surface area contributed by atoms with Crippen molar-refractivity contribution in [1.29, 1.82) is 0 Å². The third-order valence-electron chi connectivity index (χ3n) is 4.31. The normalized spacial score (nSPS) is 15.9. The van der Waals surface area contributed by atoms with Crippen molar-refractivity contribution in [3.05, 3.63) is 30.1 Å². The van der Waals surface area contributed by atoms with Gasteiger partial charge in [0.15, 0.2) is 0 Å². The van der Waals surface area contributed by atoms with Crippen molar-refractivity contribution in [2.24, 2.45) is 0 Å². The Morgan fingerprint density at radius 3 is 2.91 bits per heavy atom. The van der Waals surface area contributed by atoms with Crippen LogP contribution < -0.4 is 0 Å². The molecule has 1 atom stereocenters. The van der Waals surface area contributed by atoms with Crippen LogP contribution in [-0.4, -0.2) is 46.7 Å². The number of carbonyl (C=O) groups is 2. The van der Waals surface area contributed by atoms with Gasteiger partial charge in [0, 0.05) is 45.4 Å². The van der Waals surface area contributed by atoms with E-state index < -0.39 is 0 Å². The van der Waals surface area contributed by atoms with E-state index in [9.17, 15) is 9.59 Å². The molecule has 2 amide bonds. The van der Waals surface area contributed by atoms with Crippen LogP contribution in [0, 0.1) is 0 Å². The van der Waals surface area contributed by atoms with Crippen molar-refractivity contribution < 1.29 is 9.59 Å². The molecule has 0 bridgehead atoms. The molecule has 2 heterocycles. The van der Waals surface area contributed by atoms with Gasteiger partial charge in [-0.2, -0.15) is 0 Å². The summed E-state index contributed by atoms with van der Waals surface area (Å²) in [7, 11) is 1.85. The van der Waals surface area contributed by atoms with Gasteiger partial charge in [-0.3, -0.25) is 14.6 Å². The fourth-order valence-corrected chi connectivity index (χ4v) is 3.02. The zero-order valence-corrected chi connectivity index (χ0v) is 13.5. The van der Waals surface area contributed by atoms with Crippen LogP contribution >= 0.6 is 0 Å². The summed E-state index contributed by atoms with van der Waals surface area (Å²) >= 11 is 0. The average Bonchev–Trinajstić information content (AvgIpc) is 2.94. The van der Waals surface area contributed by atoms with E-state index in [1.807, 2.05) is 35.2 Å². The Kier molecular flexibility index (Phi) is 5.92. The number of amides is 2. The smallest absolute Gasteiger partial charge is 0.222 e. The van der Waals surface area contributed by atoms with Crippen molar-refractivity contribution in [3.63, 3.8) is 0 Å². The summed E-state index contributed by atoms with van der Waals surface area (Å²) in [4.78, 5) is 31.7. The van der Waals surface area contributed by atoms with Gasteiger partial charge >= 0.3 is 0 Å². The van der Waals surface area contributed by atoms with Crippen LogP contribution in [0.15, 0.2) is 24.5 Å². The molecule has 120 valence electrons. The van der Waals surface area contributed by atoms with Crippen LogP contribution in [0.25, 0.3) is 0 Å². The highest BCUT2D eigenvalue weighted by molar-refractivity contribution is 5.78. The molecule has 0 N–H and O–H groups in total. The van der Waals surface area contributed by atoms with Gasteiger partial charge in [-0.25, -0.2) is 0 Å². The Morgan fingerprint density at radius 2 is 2.32 bits per heavy atom. The number of aromatic nitrogens is 1. The van der Waals surface area contributed by atoms with E-state index in [1.165, 1.54) is 0 Å². The standard InChI is InChI=1S/C17H25N3O2/c1-3-15(14-7-4-10-18-13-14)19(2)16(21)8-5-11-20-12-6-9-17(20)22/h4,7,10,13,15H,3,5-6,8-9,11-12H2,1-2H3/t15-/m0/s1. The first-order valence-corrected chi connectivity index (χ1v) is 8.06. The minimum Gasteiger partial charge on any atom is -0.343 e. The molecule has 0 spiro atoms. The third-order valence-corrected chi connectivity index (χ3v) is 4.31. The molecule has 0 radical (unpaired) electrons. The number of hydrogen-bond donors (Lipinski definition) is 0. The SMILES string of the molecule is CC[C@@H](c1cccnc1)N(C)C(=O)CCCN1CCCC1=O. The second kappa shape index (κ2) is 7.92. The molecule has 5 nitrogen and oxygen atoms in total. The zero-order valence-electron chi connectivity index (χ0n) is 13.5. The van der Waals surface area contributed by atoms with Crippen molar-refractivity contribution in [2.75, 3.05) is 20.1 Å². The van der Waals surface area contributed by atoms with Gasteiger partial charge in [0.25, 0.3) is 0 Å². The molecule has 1 saturated heterocycles. The lowest BCUT2D eigenvalue weighted by molar-refractivity contribution is -0.133. The first-order valence-electron chi connectivity index (χ1n) is 8.06. The Balaban J connectivity index is 1.84. The number of nitrogens with zero attached hydrogens (tertiary/aromatic N) is 3. The molecule has 22 heavy (non-hydrogen) atoms. The van der Waals surface area contributed by atoms with Crippen LogP contribution in [0.1, 0.15) is 50.6 Å². The summed E-state index contributed by atoms with van der Waals surface area (Å²) in [6.07, 6.45) is 7.25. The van der Waals surface area contributed by atoms with Gasteiger partial charge in [0.1, 0.15) is 0 Å². The minimum atomic E-state index is 0.0645. The van der Waals surface area contributed by atoms with E-state index in [-0.39, 0.29) is 17.9 Å². The van der Waals surface area contributed by atoms with Crippen LogP contribution in [0.2, 0.25) is 0 Å². The van der Waals surface area contributed by atoms with Crippen LogP contribution in [0.3, 0.4) is 0 Å². The molecule has 1 aliphatic heterocycles. The first kappa shape index (κ1) is 16.5. The predicted molar refractivity (Wildman–Crippen MR) is 85.1 cm³/mol. The molecule has 1 aliphatic rings. The van der Waals surface area contributed by atoms with Gasteiger partial charge in [0.05, 0.1) is 6.04 Å². The Morgan fingerprint density at radius 1 is 1.50 bits per heavy atom. The lowest BCUT2D eigenvalue weighted by atomic mass is 10.0. The lowest BCUT2D eigenvalue weighted by Gasteiger charge is -2.28. The molecule has 0 aromatic carbocycles. The summed E-state index contributed by atoms with van der Waals surface area (Å²) < 4.78 is 0. The maximum atomic E-state index is 12.4. The number of rotatable bonds is 7. The van der Waals surface area contributed by atoms with Gasteiger partial charge in [0.2, 0.25) is 11.8 Å². The Bertz CT molecular complexity index is 504. The quantitative estimate of drug-likeness (QED) is 0.777. The Hall–Kier alpha value is -1.91. The van der Waals surface area contributed by atoms with Crippen molar-refractivity contribution in [1.82, 2.24) is 14.8 Å². The highest BCUT2D eigenvalue weighted by Gasteiger charge is 2.22. The van der Waals surface area contributed by atoms with Gasteiger partial charge in [-0.05, 0) is 30.9 Å². The fourth-order valence-electron chi connectivity index (χ4n) is 3.02. The summed E-state index contributed by atoms with van der Waals surface area (Å²) in [5, 5.41) is 0. The average molecular weight is 303 g/mol. The second-order valence-corrected chi connectivity index (χ2v) is 5.80. The molecule has 2 rings (SSSR count). The molecule has 1 fully saturated rings. The molecule has 0 unspecified atom stereocenters. The largest absolute Gasteiger partial charge is 0.343 e. The molecule has 0 saturated carbocycles. The van der Waals surface area contributed by atoms with Crippen LogP contribution in [0.4, 0.5) is 0 Å². The molecule has 1 aromatic rings. The summed E-state index contributed by atoms with van der Waals surface area (Å²) in [6.45, 7) is 3.61. The maximum absolute atomic E-state index is 12.4. The highest BCUT2D eigenvalue weighted by Crippen LogP contribution is 2.23. The number of carbonyl (C=O) groups excluding carboxylic acids is 2. The van der Waals surface area contributed by atoms with Crippen molar-refractivity contribution >= 4 is 11.8 Å². The minimum absolute atomic E-state index is 0.0645. The monoisotopic (exact) mass is 303 g/mol. The van der Waals surface area contributed by atoms with E-state index in [0.717, 1.165) is 31.4 Å². The third kappa shape index (κ3) is 4.06. The van der Waals surface area contributed by atoms with E-state index in [1.54, 1.807) is 6.20 Å². The molecule has 0 aliphatic carbocycles. The first-order chi connectivity index (χ1) is 10.6. The van der Waals surface area contributed by atoms with E-state index in [0.29, 0.717) is 19.4 Å². The Labute approximate surface area is 132 Å². The van der Waals surface area contributed by atoms with Gasteiger partial charge < -0.3 is 9.80 Å². The number of likely N-dealkylation sites (tertiary alicyclic amines) is 1. The van der Waals surface area contributed by atoms with Crippen molar-refractivity contribution in [3.8, 4) is 0 Å². The van der Waals surface area contributed by atoms with E-state index in [4.69, 9.17) is 0 Å². The molecular formula is C17H25N3O2. The predicted octanol–water partition coefficient (Wildman–Crippen LogP) is 2.39. The fraction of sp³-hybridized carbons (Fsp3) is 0.588. The van der Waals surface area contributed by atoms with Gasteiger partial charge in [-0.15, -0.1) is 0 Å².